The molecule has 7 heteroatoms. The van der Waals surface area contributed by atoms with Gasteiger partial charge in [0.25, 0.3) is 0 Å². The predicted octanol–water partition coefficient (Wildman–Crippen LogP) is 2.76. The first kappa shape index (κ1) is 14.9. The van der Waals surface area contributed by atoms with Gasteiger partial charge in [0.05, 0.1) is 17.8 Å². The number of hydrogen-bond acceptors (Lipinski definition) is 4. The van der Waals surface area contributed by atoms with Gasteiger partial charge >= 0.3 is 6.18 Å². The van der Waals surface area contributed by atoms with E-state index in [4.69, 9.17) is 4.74 Å². The average molecular weight is 289 g/mol. The first-order chi connectivity index (χ1) is 9.21. The zero-order chi connectivity index (χ0) is 15.0. The first-order valence-corrected chi connectivity index (χ1v) is 6.37. The smallest absolute Gasteiger partial charge is 0.373 e. The number of aromatic nitrogens is 1. The van der Waals surface area contributed by atoms with Gasteiger partial charge < -0.3 is 15.0 Å². The van der Waals surface area contributed by atoms with E-state index in [1.54, 1.807) is 7.05 Å². The summed E-state index contributed by atoms with van der Waals surface area (Å²) >= 11 is 0. The van der Waals surface area contributed by atoms with Gasteiger partial charge in [-0.3, -0.25) is 0 Å². The topological polar surface area (TPSA) is 37.4 Å². The van der Waals surface area contributed by atoms with E-state index in [1.807, 2.05) is 18.7 Å². The lowest BCUT2D eigenvalue weighted by molar-refractivity contribution is -0.137. The Balaban J connectivity index is 2.36. The van der Waals surface area contributed by atoms with E-state index in [1.165, 1.54) is 0 Å². The van der Waals surface area contributed by atoms with Crippen molar-refractivity contribution >= 4 is 11.6 Å². The third kappa shape index (κ3) is 3.33. The Morgan fingerprint density at radius 2 is 2.05 bits per heavy atom. The molecule has 1 N–H and O–H groups in total. The van der Waals surface area contributed by atoms with Crippen LogP contribution in [0.5, 0.6) is 0 Å². The highest BCUT2D eigenvalue weighted by Crippen LogP contribution is 2.33. The number of anilines is 2. The summed E-state index contributed by atoms with van der Waals surface area (Å²) in [6, 6.07) is 2.09. The Bertz CT molecular complexity index is 488. The number of hydrogen-bond donors (Lipinski definition) is 1. The minimum Gasteiger partial charge on any atom is -0.373 e. The van der Waals surface area contributed by atoms with Gasteiger partial charge in [0.1, 0.15) is 11.6 Å². The van der Waals surface area contributed by atoms with Crippen LogP contribution in [0.3, 0.4) is 0 Å². The maximum Gasteiger partial charge on any atom is 0.416 e. The minimum absolute atomic E-state index is 0.208. The summed E-state index contributed by atoms with van der Waals surface area (Å²) in [5.41, 5.74) is -1.09. The second-order valence-corrected chi connectivity index (χ2v) is 5.38. The predicted molar refractivity (Wildman–Crippen MR) is 71.0 cm³/mol. The van der Waals surface area contributed by atoms with Gasteiger partial charge in [0.15, 0.2) is 0 Å². The van der Waals surface area contributed by atoms with Crippen LogP contribution in [0, 0.1) is 0 Å². The largest absolute Gasteiger partial charge is 0.416 e. The normalized spacial score (nSPS) is 19.0. The second-order valence-electron chi connectivity index (χ2n) is 5.38. The molecule has 1 aliphatic heterocycles. The summed E-state index contributed by atoms with van der Waals surface area (Å²) in [5.74, 6) is 0.527. The highest BCUT2D eigenvalue weighted by molar-refractivity contribution is 5.51. The summed E-state index contributed by atoms with van der Waals surface area (Å²) in [4.78, 5) is 6.03. The van der Waals surface area contributed by atoms with Crippen LogP contribution in [-0.2, 0) is 10.9 Å². The van der Waals surface area contributed by atoms with E-state index in [-0.39, 0.29) is 5.82 Å². The molecular formula is C13H18F3N3O. The number of nitrogens with zero attached hydrogens (tertiary/aromatic N) is 2. The van der Waals surface area contributed by atoms with E-state index in [0.29, 0.717) is 25.5 Å². The number of halogens is 3. The van der Waals surface area contributed by atoms with Gasteiger partial charge in [-0.05, 0) is 26.0 Å². The molecule has 2 heterocycles. The van der Waals surface area contributed by atoms with E-state index < -0.39 is 17.3 Å². The molecule has 1 fully saturated rings. The van der Waals surface area contributed by atoms with E-state index in [0.717, 1.165) is 12.1 Å². The third-order valence-corrected chi connectivity index (χ3v) is 3.14. The molecule has 0 aromatic carbocycles. The Kier molecular flexibility index (Phi) is 3.82. The maximum absolute atomic E-state index is 12.9. The summed E-state index contributed by atoms with van der Waals surface area (Å²) in [7, 11) is 1.55. The van der Waals surface area contributed by atoms with Crippen molar-refractivity contribution in [2.45, 2.75) is 25.6 Å². The van der Waals surface area contributed by atoms with Crippen molar-refractivity contribution in [2.24, 2.45) is 0 Å². The zero-order valence-electron chi connectivity index (χ0n) is 11.7. The number of ether oxygens (including phenoxy) is 1. The molecule has 4 nitrogen and oxygen atoms in total. The highest BCUT2D eigenvalue weighted by atomic mass is 19.4. The Labute approximate surface area is 115 Å². The number of nitrogens with one attached hydrogen (secondary N) is 1. The zero-order valence-corrected chi connectivity index (χ0v) is 11.7. The van der Waals surface area contributed by atoms with Gasteiger partial charge in [-0.15, -0.1) is 0 Å². The van der Waals surface area contributed by atoms with E-state index >= 15 is 0 Å². The fourth-order valence-electron chi connectivity index (χ4n) is 2.18. The van der Waals surface area contributed by atoms with Crippen LogP contribution in [0.1, 0.15) is 19.4 Å². The van der Waals surface area contributed by atoms with Crippen molar-refractivity contribution in [3.05, 3.63) is 17.7 Å². The molecule has 0 aliphatic carbocycles. The number of morpholine rings is 1. The molecule has 0 amide bonds. The summed E-state index contributed by atoms with van der Waals surface area (Å²) in [6.45, 7) is 5.32. The quantitative estimate of drug-likeness (QED) is 0.908. The fourth-order valence-corrected chi connectivity index (χ4v) is 2.18. The molecule has 2 rings (SSSR count). The molecule has 1 aromatic rings. The third-order valence-electron chi connectivity index (χ3n) is 3.14. The summed E-state index contributed by atoms with van der Waals surface area (Å²) in [6.07, 6.45) is -4.38. The molecule has 20 heavy (non-hydrogen) atoms. The van der Waals surface area contributed by atoms with Crippen molar-refractivity contribution in [3.63, 3.8) is 0 Å². The lowest BCUT2D eigenvalue weighted by Gasteiger charge is -2.39. The highest BCUT2D eigenvalue weighted by Gasteiger charge is 2.33. The Hall–Kier alpha value is -1.50. The molecule has 0 unspecified atom stereocenters. The van der Waals surface area contributed by atoms with Gasteiger partial charge in [-0.1, -0.05) is 0 Å². The van der Waals surface area contributed by atoms with Crippen molar-refractivity contribution in [3.8, 4) is 0 Å². The molecule has 1 aromatic heterocycles. The van der Waals surface area contributed by atoms with Crippen LogP contribution in [0.4, 0.5) is 24.8 Å². The molecule has 1 aliphatic rings. The van der Waals surface area contributed by atoms with Crippen molar-refractivity contribution in [1.29, 1.82) is 0 Å². The lowest BCUT2D eigenvalue weighted by atomic mass is 10.1. The van der Waals surface area contributed by atoms with Crippen LogP contribution in [0.15, 0.2) is 12.1 Å². The summed E-state index contributed by atoms with van der Waals surface area (Å²) < 4.78 is 44.3. The van der Waals surface area contributed by atoms with E-state index in [9.17, 15) is 13.2 Å². The Morgan fingerprint density at radius 3 is 2.60 bits per heavy atom. The molecule has 112 valence electrons. The SMILES string of the molecule is CNc1cc(C(F)(F)F)cc(N2CCOC(C)(C)C2)n1. The molecule has 1 saturated heterocycles. The van der Waals surface area contributed by atoms with E-state index in [2.05, 4.69) is 10.3 Å². The molecule has 0 radical (unpaired) electrons. The minimum atomic E-state index is -4.38. The van der Waals surface area contributed by atoms with Crippen LogP contribution >= 0.6 is 0 Å². The molecule has 0 spiro atoms. The van der Waals surface area contributed by atoms with Crippen molar-refractivity contribution in [1.82, 2.24) is 4.98 Å². The number of rotatable bonds is 2. The fraction of sp³-hybridized carbons (Fsp3) is 0.615. The number of alkyl halides is 3. The van der Waals surface area contributed by atoms with Crippen molar-refractivity contribution < 1.29 is 17.9 Å². The maximum atomic E-state index is 12.9. The van der Waals surface area contributed by atoms with Crippen LogP contribution < -0.4 is 10.2 Å². The van der Waals surface area contributed by atoms with Gasteiger partial charge in [-0.25, -0.2) is 4.98 Å². The molecule has 0 bridgehead atoms. The first-order valence-electron chi connectivity index (χ1n) is 6.37. The van der Waals surface area contributed by atoms with Crippen LogP contribution in [-0.4, -0.2) is 37.3 Å². The second kappa shape index (κ2) is 5.12. The van der Waals surface area contributed by atoms with Crippen LogP contribution in [0.25, 0.3) is 0 Å². The summed E-state index contributed by atoms with van der Waals surface area (Å²) in [5, 5.41) is 2.67. The molecule has 0 saturated carbocycles. The lowest BCUT2D eigenvalue weighted by Crippen LogP contribution is -2.48. The number of pyridine rings is 1. The van der Waals surface area contributed by atoms with Gasteiger partial charge in [-0.2, -0.15) is 13.2 Å². The molecular weight excluding hydrogens is 271 g/mol. The van der Waals surface area contributed by atoms with Crippen LogP contribution in [0.2, 0.25) is 0 Å². The average Bonchev–Trinajstić information content (AvgIpc) is 2.36. The van der Waals surface area contributed by atoms with Gasteiger partial charge in [0.2, 0.25) is 0 Å². The van der Waals surface area contributed by atoms with Gasteiger partial charge in [0, 0.05) is 20.1 Å². The monoisotopic (exact) mass is 289 g/mol. The molecule has 0 atom stereocenters. The Morgan fingerprint density at radius 1 is 1.35 bits per heavy atom. The standard InChI is InChI=1S/C13H18F3N3O/c1-12(2)8-19(4-5-20-12)11-7-9(13(14,15)16)6-10(17-3)18-11/h6-7H,4-5,8H2,1-3H3,(H,17,18). The van der Waals surface area contributed by atoms with Crippen molar-refractivity contribution in [2.75, 3.05) is 37.0 Å².